The van der Waals surface area contributed by atoms with Gasteiger partial charge in [0.1, 0.15) is 5.60 Å². The summed E-state index contributed by atoms with van der Waals surface area (Å²) in [5.41, 5.74) is -0.959. The molecular weight excluding hydrogens is 529 g/mol. The van der Waals surface area contributed by atoms with Crippen LogP contribution in [0, 0.1) is 0 Å². The number of piperidine rings is 1. The van der Waals surface area contributed by atoms with Gasteiger partial charge >= 0.3 is 12.3 Å². The molecule has 1 aliphatic heterocycles. The maximum atomic E-state index is 13.9. The van der Waals surface area contributed by atoms with Gasteiger partial charge in [0.2, 0.25) is 0 Å². The number of thiophene rings is 1. The van der Waals surface area contributed by atoms with Crippen molar-refractivity contribution in [1.29, 1.82) is 0 Å². The zero-order valence-electron chi connectivity index (χ0n) is 20.9. The highest BCUT2D eigenvalue weighted by molar-refractivity contribution is 7.19. The summed E-state index contributed by atoms with van der Waals surface area (Å²) in [6, 6.07) is 7.00. The SMILES string of the molecule is CC(C)(C)OC(=O)NCc1cc2cc(-c3ccc(C(=O)N4CCC(F)(F)CC4)cn3)cc(C(F)(F)F)c2s1. The fourth-order valence-corrected chi connectivity index (χ4v) is 5.15. The Hall–Kier alpha value is -3.28. The van der Waals surface area contributed by atoms with Gasteiger partial charge in [-0.15, -0.1) is 11.3 Å². The van der Waals surface area contributed by atoms with Gasteiger partial charge in [0.25, 0.3) is 11.8 Å². The minimum atomic E-state index is -4.64. The molecule has 3 heterocycles. The number of pyridine rings is 1. The Labute approximate surface area is 219 Å². The second-order valence-corrected chi connectivity index (χ2v) is 11.2. The number of aromatic nitrogens is 1. The molecule has 4 rings (SSSR count). The fourth-order valence-electron chi connectivity index (χ4n) is 4.04. The van der Waals surface area contributed by atoms with E-state index in [1.165, 1.54) is 23.2 Å². The zero-order chi connectivity index (χ0) is 27.9. The minimum absolute atomic E-state index is 0.00161. The third-order valence-corrected chi connectivity index (χ3v) is 7.05. The highest BCUT2D eigenvalue weighted by Gasteiger charge is 2.36. The van der Waals surface area contributed by atoms with Crippen molar-refractivity contribution in [3.63, 3.8) is 0 Å². The van der Waals surface area contributed by atoms with Crippen LogP contribution in [-0.4, -0.2) is 46.5 Å². The lowest BCUT2D eigenvalue weighted by molar-refractivity contribution is -0.136. The Morgan fingerprint density at radius 2 is 1.79 bits per heavy atom. The smallest absolute Gasteiger partial charge is 0.417 e. The topological polar surface area (TPSA) is 71.5 Å². The van der Waals surface area contributed by atoms with Crippen LogP contribution in [0.1, 0.15) is 54.4 Å². The maximum Gasteiger partial charge on any atom is 0.417 e. The molecule has 12 heteroatoms. The Morgan fingerprint density at radius 1 is 1.11 bits per heavy atom. The van der Waals surface area contributed by atoms with Crippen LogP contribution in [0.2, 0.25) is 0 Å². The van der Waals surface area contributed by atoms with Gasteiger partial charge in [0.05, 0.1) is 23.4 Å². The molecule has 0 bridgehead atoms. The number of likely N-dealkylation sites (tertiary alicyclic amines) is 1. The summed E-state index contributed by atoms with van der Waals surface area (Å²) in [6.45, 7) is 4.95. The number of hydrogen-bond acceptors (Lipinski definition) is 5. The van der Waals surface area contributed by atoms with Gasteiger partial charge in [-0.1, -0.05) is 0 Å². The van der Waals surface area contributed by atoms with Crippen LogP contribution in [0.5, 0.6) is 0 Å². The van der Waals surface area contributed by atoms with Crippen molar-refractivity contribution in [1.82, 2.24) is 15.2 Å². The molecular formula is C26H26F5N3O3S. The third kappa shape index (κ3) is 6.58. The highest BCUT2D eigenvalue weighted by Crippen LogP contribution is 2.41. The van der Waals surface area contributed by atoms with Crippen LogP contribution < -0.4 is 5.32 Å². The average Bonchev–Trinajstić information content (AvgIpc) is 3.23. The molecule has 0 atom stereocenters. The molecule has 0 spiro atoms. The summed E-state index contributed by atoms with van der Waals surface area (Å²) >= 11 is 0.922. The predicted octanol–water partition coefficient (Wildman–Crippen LogP) is 6.88. The number of carbonyl (C=O) groups is 2. The van der Waals surface area contributed by atoms with E-state index in [2.05, 4.69) is 10.3 Å². The van der Waals surface area contributed by atoms with Gasteiger partial charge in [-0.3, -0.25) is 9.78 Å². The molecule has 0 aliphatic carbocycles. The molecule has 204 valence electrons. The van der Waals surface area contributed by atoms with Crippen LogP contribution in [-0.2, 0) is 17.5 Å². The van der Waals surface area contributed by atoms with Crippen molar-refractivity contribution >= 4 is 33.4 Å². The molecule has 0 radical (unpaired) electrons. The molecule has 1 aliphatic rings. The molecule has 6 nitrogen and oxygen atoms in total. The quantitative estimate of drug-likeness (QED) is 0.357. The average molecular weight is 556 g/mol. The lowest BCUT2D eigenvalue weighted by Crippen LogP contribution is -2.42. The second-order valence-electron chi connectivity index (χ2n) is 10.1. The number of hydrogen-bond donors (Lipinski definition) is 1. The van der Waals surface area contributed by atoms with Crippen molar-refractivity contribution in [2.75, 3.05) is 13.1 Å². The number of alkyl halides is 5. The van der Waals surface area contributed by atoms with Crippen LogP contribution in [0.3, 0.4) is 0 Å². The first-order valence-corrected chi connectivity index (χ1v) is 12.7. The summed E-state index contributed by atoms with van der Waals surface area (Å²) in [6.07, 6.45) is -4.91. The van der Waals surface area contributed by atoms with E-state index in [1.54, 1.807) is 32.9 Å². The Bertz CT molecular complexity index is 1340. The van der Waals surface area contributed by atoms with E-state index < -0.39 is 48.1 Å². The fraction of sp³-hybridized carbons (Fsp3) is 0.423. The highest BCUT2D eigenvalue weighted by atomic mass is 32.1. The molecule has 1 aromatic carbocycles. The Kier molecular flexibility index (Phi) is 7.39. The van der Waals surface area contributed by atoms with E-state index in [0.717, 1.165) is 17.4 Å². The van der Waals surface area contributed by atoms with Crippen molar-refractivity contribution < 1.29 is 36.3 Å². The van der Waals surface area contributed by atoms with Gasteiger partial charge in [0, 0.05) is 47.3 Å². The van der Waals surface area contributed by atoms with Gasteiger partial charge in [-0.05, 0) is 56.5 Å². The number of nitrogens with zero attached hydrogens (tertiary/aromatic N) is 2. The first-order valence-electron chi connectivity index (χ1n) is 11.9. The molecule has 1 fully saturated rings. The Morgan fingerprint density at radius 3 is 2.37 bits per heavy atom. The zero-order valence-corrected chi connectivity index (χ0v) is 21.7. The lowest BCUT2D eigenvalue weighted by Gasteiger charge is -2.31. The number of fused-ring (bicyclic) bond motifs is 1. The van der Waals surface area contributed by atoms with E-state index in [-0.39, 0.29) is 41.2 Å². The van der Waals surface area contributed by atoms with E-state index in [4.69, 9.17) is 4.74 Å². The summed E-state index contributed by atoms with van der Waals surface area (Å²) in [5.74, 6) is -3.24. The number of carbonyl (C=O) groups excluding carboxylic acids is 2. The third-order valence-electron chi connectivity index (χ3n) is 5.87. The summed E-state index contributed by atoms with van der Waals surface area (Å²) in [4.78, 5) is 30.6. The van der Waals surface area contributed by atoms with Gasteiger partial charge in [-0.25, -0.2) is 13.6 Å². The Balaban J connectivity index is 1.57. The largest absolute Gasteiger partial charge is 0.444 e. The molecule has 0 saturated carbocycles. The number of ether oxygens (including phenoxy) is 1. The summed E-state index contributed by atoms with van der Waals surface area (Å²) in [5, 5.41) is 2.88. The molecule has 38 heavy (non-hydrogen) atoms. The van der Waals surface area contributed by atoms with E-state index in [1.807, 2.05) is 0 Å². The van der Waals surface area contributed by atoms with Crippen molar-refractivity contribution in [2.45, 2.75) is 57.9 Å². The molecule has 1 N–H and O–H groups in total. The van der Waals surface area contributed by atoms with Crippen LogP contribution in [0.4, 0.5) is 26.7 Å². The normalized spacial score (nSPS) is 15.9. The van der Waals surface area contributed by atoms with Crippen LogP contribution in [0.15, 0.2) is 36.5 Å². The monoisotopic (exact) mass is 555 g/mol. The van der Waals surface area contributed by atoms with Crippen LogP contribution in [0.25, 0.3) is 21.3 Å². The van der Waals surface area contributed by atoms with E-state index in [0.29, 0.717) is 10.3 Å². The number of rotatable bonds is 4. The molecule has 2 aromatic heterocycles. The number of benzene rings is 1. The molecule has 0 unspecified atom stereocenters. The maximum absolute atomic E-state index is 13.9. The summed E-state index contributed by atoms with van der Waals surface area (Å²) < 4.78 is 73.8. The minimum Gasteiger partial charge on any atom is -0.444 e. The van der Waals surface area contributed by atoms with Gasteiger partial charge in [0.15, 0.2) is 0 Å². The van der Waals surface area contributed by atoms with Gasteiger partial charge in [-0.2, -0.15) is 13.2 Å². The number of nitrogens with one attached hydrogen (secondary N) is 1. The van der Waals surface area contributed by atoms with E-state index >= 15 is 0 Å². The number of alkyl carbamates (subject to hydrolysis) is 1. The standard InChI is InChI=1S/C26H26F5N3O3S/c1-24(2,3)37-23(36)33-14-18-11-17-10-16(12-19(21(17)38-18)26(29,30)31)20-5-4-15(13-32-20)22(35)34-8-6-25(27,28)7-9-34/h4-5,10-13H,6-9,14H2,1-3H3,(H,33,36). The molecule has 1 saturated heterocycles. The summed E-state index contributed by atoms with van der Waals surface area (Å²) in [7, 11) is 0. The lowest BCUT2D eigenvalue weighted by atomic mass is 10.0. The van der Waals surface area contributed by atoms with Crippen LogP contribution >= 0.6 is 11.3 Å². The van der Waals surface area contributed by atoms with Crippen molar-refractivity contribution in [3.05, 3.63) is 52.5 Å². The van der Waals surface area contributed by atoms with E-state index in [9.17, 15) is 31.5 Å². The second kappa shape index (κ2) is 10.1. The first-order chi connectivity index (χ1) is 17.6. The molecule has 3 aromatic rings. The predicted molar refractivity (Wildman–Crippen MR) is 133 cm³/mol. The number of amides is 2. The van der Waals surface area contributed by atoms with Gasteiger partial charge < -0.3 is 15.0 Å². The van der Waals surface area contributed by atoms with Crippen molar-refractivity contribution in [2.24, 2.45) is 0 Å². The molecule has 2 amide bonds. The van der Waals surface area contributed by atoms with Crippen molar-refractivity contribution in [3.8, 4) is 11.3 Å². The number of halogens is 5. The first kappa shape index (κ1) is 27.7.